The zero-order valence-corrected chi connectivity index (χ0v) is 9.64. The van der Waals surface area contributed by atoms with Gasteiger partial charge in [0.25, 0.3) is 5.78 Å². The SMILES string of the molecule is CCOC(=O)C(=[N+]=[N-])C(=O)c1cccnc1Cl. The van der Waals surface area contributed by atoms with Crippen molar-refractivity contribution in [3.05, 3.63) is 34.6 Å². The van der Waals surface area contributed by atoms with Crippen molar-refractivity contribution in [2.24, 2.45) is 0 Å². The average Bonchev–Trinajstić information content (AvgIpc) is 2.30. The molecule has 0 aliphatic rings. The number of carbonyl (C=O) groups is 2. The summed E-state index contributed by atoms with van der Waals surface area (Å²) in [6.45, 7) is 1.63. The van der Waals surface area contributed by atoms with Crippen molar-refractivity contribution >= 4 is 29.1 Å². The largest absolute Gasteiger partial charge is 0.457 e. The number of hydrogen-bond acceptors (Lipinski definition) is 4. The molecule has 0 saturated carbocycles. The predicted octanol–water partition coefficient (Wildman–Crippen LogP) is 1.15. The summed E-state index contributed by atoms with van der Waals surface area (Å²) in [4.78, 5) is 29.4. The molecule has 1 heterocycles. The smallest absolute Gasteiger partial charge is 0.446 e. The van der Waals surface area contributed by atoms with Crippen LogP contribution in [-0.4, -0.2) is 33.8 Å². The van der Waals surface area contributed by atoms with Crippen LogP contribution < -0.4 is 0 Å². The van der Waals surface area contributed by atoms with Gasteiger partial charge in [-0.15, -0.1) is 0 Å². The maximum atomic E-state index is 11.8. The van der Waals surface area contributed by atoms with E-state index in [9.17, 15) is 9.59 Å². The number of carbonyl (C=O) groups excluding carboxylic acids is 2. The molecule has 6 nitrogen and oxygen atoms in total. The lowest BCUT2D eigenvalue weighted by atomic mass is 10.1. The van der Waals surface area contributed by atoms with Gasteiger partial charge in [-0.2, -0.15) is 4.79 Å². The van der Waals surface area contributed by atoms with Crippen molar-refractivity contribution in [3.63, 3.8) is 0 Å². The molecule has 0 N–H and O–H groups in total. The Labute approximate surface area is 102 Å². The van der Waals surface area contributed by atoms with Gasteiger partial charge in [-0.1, -0.05) is 11.6 Å². The minimum absolute atomic E-state index is 0.0324. The molecular weight excluding hydrogens is 246 g/mol. The molecule has 0 unspecified atom stereocenters. The molecule has 0 aromatic carbocycles. The van der Waals surface area contributed by atoms with E-state index in [0.717, 1.165) is 0 Å². The molecule has 0 amide bonds. The molecular formula is C10H8ClN3O3. The van der Waals surface area contributed by atoms with Crippen LogP contribution in [0.3, 0.4) is 0 Å². The van der Waals surface area contributed by atoms with E-state index in [1.807, 2.05) is 0 Å². The number of pyridine rings is 1. The molecule has 0 saturated heterocycles. The molecule has 1 rings (SSSR count). The quantitative estimate of drug-likeness (QED) is 0.153. The molecule has 0 radical (unpaired) electrons. The van der Waals surface area contributed by atoms with Crippen molar-refractivity contribution in [1.29, 1.82) is 0 Å². The third-order valence-electron chi connectivity index (χ3n) is 1.79. The molecule has 17 heavy (non-hydrogen) atoms. The minimum Gasteiger partial charge on any atom is -0.457 e. The van der Waals surface area contributed by atoms with E-state index in [1.165, 1.54) is 18.3 Å². The monoisotopic (exact) mass is 253 g/mol. The number of Topliss-reactive ketones (excluding diaryl/α,β-unsaturated/α-hetero) is 1. The van der Waals surface area contributed by atoms with Crippen LogP contribution in [0.25, 0.3) is 5.53 Å². The van der Waals surface area contributed by atoms with Crippen LogP contribution >= 0.6 is 11.6 Å². The Hall–Kier alpha value is -2.04. The number of aromatic nitrogens is 1. The summed E-state index contributed by atoms with van der Waals surface area (Å²) < 4.78 is 4.56. The Balaban J connectivity index is 3.08. The van der Waals surface area contributed by atoms with Crippen LogP contribution in [0, 0.1) is 0 Å². The van der Waals surface area contributed by atoms with E-state index < -0.39 is 17.5 Å². The van der Waals surface area contributed by atoms with Gasteiger partial charge in [-0.3, -0.25) is 4.79 Å². The Morgan fingerprint density at radius 3 is 2.82 bits per heavy atom. The second kappa shape index (κ2) is 5.89. The van der Waals surface area contributed by atoms with Gasteiger partial charge in [-0.05, 0) is 19.1 Å². The van der Waals surface area contributed by atoms with Crippen LogP contribution in [0.15, 0.2) is 18.3 Å². The van der Waals surface area contributed by atoms with Gasteiger partial charge in [0.1, 0.15) is 5.15 Å². The summed E-state index contributed by atoms with van der Waals surface area (Å²) >= 11 is 5.68. The van der Waals surface area contributed by atoms with Gasteiger partial charge < -0.3 is 10.3 Å². The van der Waals surface area contributed by atoms with Crippen molar-refractivity contribution in [1.82, 2.24) is 4.98 Å². The Morgan fingerprint density at radius 2 is 2.29 bits per heavy atom. The summed E-state index contributed by atoms with van der Waals surface area (Å²) in [5.74, 6) is -1.86. The third kappa shape index (κ3) is 2.96. The molecule has 0 atom stereocenters. The number of rotatable bonds is 4. The highest BCUT2D eigenvalue weighted by molar-refractivity contribution is 6.66. The van der Waals surface area contributed by atoms with Crippen molar-refractivity contribution < 1.29 is 19.1 Å². The zero-order valence-electron chi connectivity index (χ0n) is 8.88. The summed E-state index contributed by atoms with van der Waals surface area (Å²) in [6.07, 6.45) is 1.39. The van der Waals surface area contributed by atoms with Gasteiger partial charge in [0.05, 0.1) is 12.2 Å². The molecule has 0 aliphatic heterocycles. The first-order chi connectivity index (χ1) is 8.11. The van der Waals surface area contributed by atoms with Gasteiger partial charge in [0.15, 0.2) is 0 Å². The van der Waals surface area contributed by atoms with Crippen LogP contribution in [0.4, 0.5) is 0 Å². The zero-order chi connectivity index (χ0) is 12.8. The highest BCUT2D eigenvalue weighted by Gasteiger charge is 2.33. The molecule has 0 bridgehead atoms. The topological polar surface area (TPSA) is 92.7 Å². The van der Waals surface area contributed by atoms with Gasteiger partial charge in [0.2, 0.25) is 0 Å². The summed E-state index contributed by atoms with van der Waals surface area (Å²) in [6, 6.07) is 2.83. The van der Waals surface area contributed by atoms with Crippen molar-refractivity contribution in [2.75, 3.05) is 6.61 Å². The second-order valence-electron chi connectivity index (χ2n) is 2.84. The maximum Gasteiger partial charge on any atom is 0.446 e. The first-order valence-corrected chi connectivity index (χ1v) is 5.04. The van der Waals surface area contributed by atoms with Crippen LogP contribution in [0.1, 0.15) is 17.3 Å². The van der Waals surface area contributed by atoms with Crippen LogP contribution in [0.5, 0.6) is 0 Å². The van der Waals surface area contributed by atoms with E-state index in [0.29, 0.717) is 0 Å². The van der Waals surface area contributed by atoms with Crippen LogP contribution in [0.2, 0.25) is 5.15 Å². The lowest BCUT2D eigenvalue weighted by molar-refractivity contribution is -0.139. The first-order valence-electron chi connectivity index (χ1n) is 4.66. The molecule has 1 aromatic heterocycles. The van der Waals surface area contributed by atoms with Gasteiger partial charge in [0, 0.05) is 6.20 Å². The Kier molecular flexibility index (Phi) is 4.51. The third-order valence-corrected chi connectivity index (χ3v) is 2.09. The Morgan fingerprint density at radius 1 is 1.59 bits per heavy atom. The number of ketones is 1. The lowest BCUT2D eigenvalue weighted by Gasteiger charge is -1.99. The summed E-state index contributed by atoms with van der Waals surface area (Å²) in [5, 5.41) is -0.0806. The highest BCUT2D eigenvalue weighted by Crippen LogP contribution is 2.12. The minimum atomic E-state index is -1.01. The standard InChI is InChI=1S/C10H8ClN3O3/c1-2-17-10(16)7(14-12)8(15)6-4-3-5-13-9(6)11/h3-5H,2H2,1H3. The number of hydrogen-bond donors (Lipinski definition) is 0. The van der Waals surface area contributed by atoms with Crippen molar-refractivity contribution in [2.45, 2.75) is 6.92 Å². The lowest BCUT2D eigenvalue weighted by Crippen LogP contribution is -2.27. The first kappa shape index (κ1) is 13.0. The molecule has 1 aromatic rings. The number of esters is 1. The van der Waals surface area contributed by atoms with E-state index in [2.05, 4.69) is 14.5 Å². The van der Waals surface area contributed by atoms with Crippen molar-refractivity contribution in [3.8, 4) is 0 Å². The summed E-state index contributed by atoms with van der Waals surface area (Å²) in [7, 11) is 0. The number of ether oxygens (including phenoxy) is 1. The van der Waals surface area contributed by atoms with E-state index in [-0.39, 0.29) is 17.3 Å². The molecule has 88 valence electrons. The predicted molar refractivity (Wildman–Crippen MR) is 58.8 cm³/mol. The fourth-order valence-electron chi connectivity index (χ4n) is 1.06. The normalized spacial score (nSPS) is 9.29. The number of halogens is 1. The second-order valence-corrected chi connectivity index (χ2v) is 3.20. The van der Waals surface area contributed by atoms with Gasteiger partial charge >= 0.3 is 11.7 Å². The highest BCUT2D eigenvalue weighted by atomic mass is 35.5. The fourth-order valence-corrected chi connectivity index (χ4v) is 1.27. The molecule has 7 heteroatoms. The molecule has 0 aliphatic carbocycles. The van der Waals surface area contributed by atoms with Crippen LogP contribution in [-0.2, 0) is 9.53 Å². The van der Waals surface area contributed by atoms with Gasteiger partial charge in [-0.25, -0.2) is 9.78 Å². The fraction of sp³-hybridized carbons (Fsp3) is 0.200. The molecule has 0 fully saturated rings. The van der Waals surface area contributed by atoms with E-state index >= 15 is 0 Å². The average molecular weight is 254 g/mol. The van der Waals surface area contributed by atoms with E-state index in [1.54, 1.807) is 6.92 Å². The van der Waals surface area contributed by atoms with E-state index in [4.69, 9.17) is 17.1 Å². The maximum absolute atomic E-state index is 11.8. The Bertz CT molecular complexity index is 509. The molecule has 0 spiro atoms. The summed E-state index contributed by atoms with van der Waals surface area (Å²) in [5.41, 5.74) is 7.88. The number of nitrogens with zero attached hydrogens (tertiary/aromatic N) is 3.